The van der Waals surface area contributed by atoms with Crippen LogP contribution in [0.4, 0.5) is 5.69 Å². The number of para-hydroxylation sites is 1. The number of hydrogen-bond donors (Lipinski definition) is 1. The van der Waals surface area contributed by atoms with Crippen molar-refractivity contribution in [2.75, 3.05) is 26.1 Å². The van der Waals surface area contributed by atoms with E-state index in [1.807, 2.05) is 44.2 Å². The van der Waals surface area contributed by atoms with E-state index in [0.717, 1.165) is 10.9 Å². The van der Waals surface area contributed by atoms with Gasteiger partial charge in [-0.1, -0.05) is 48.0 Å². The van der Waals surface area contributed by atoms with Crippen LogP contribution in [0.2, 0.25) is 0 Å². The number of halogens is 1. The van der Waals surface area contributed by atoms with Gasteiger partial charge in [-0.15, -0.1) is 0 Å². The van der Waals surface area contributed by atoms with E-state index in [0.29, 0.717) is 39.5 Å². The third-order valence-corrected chi connectivity index (χ3v) is 6.59. The molecule has 1 N–H and O–H groups in total. The van der Waals surface area contributed by atoms with Crippen LogP contribution >= 0.6 is 15.9 Å². The number of amides is 1. The van der Waals surface area contributed by atoms with Crippen molar-refractivity contribution in [1.29, 1.82) is 0 Å². The third-order valence-electron chi connectivity index (χ3n) is 6.10. The zero-order valence-corrected chi connectivity index (χ0v) is 23.7. The van der Waals surface area contributed by atoms with Crippen molar-refractivity contribution in [3.8, 4) is 17.2 Å². The van der Waals surface area contributed by atoms with E-state index in [9.17, 15) is 9.59 Å². The van der Waals surface area contributed by atoms with Gasteiger partial charge >= 0.3 is 0 Å². The van der Waals surface area contributed by atoms with Gasteiger partial charge in [-0.2, -0.15) is 9.78 Å². The van der Waals surface area contributed by atoms with Crippen LogP contribution in [-0.2, 0) is 4.79 Å². The maximum absolute atomic E-state index is 13.4. The summed E-state index contributed by atoms with van der Waals surface area (Å²) in [6.07, 6.45) is 2.32. The van der Waals surface area contributed by atoms with Gasteiger partial charge < -0.3 is 19.5 Å². The highest BCUT2D eigenvalue weighted by atomic mass is 79.9. The second kappa shape index (κ2) is 12.6. The minimum atomic E-state index is -0.330. The summed E-state index contributed by atoms with van der Waals surface area (Å²) >= 11 is 3.43. The van der Waals surface area contributed by atoms with Crippen molar-refractivity contribution >= 4 is 44.6 Å². The third kappa shape index (κ3) is 6.46. The fourth-order valence-corrected chi connectivity index (χ4v) is 4.24. The smallest absolute Gasteiger partial charge is 0.282 e. The van der Waals surface area contributed by atoms with E-state index in [-0.39, 0.29) is 29.7 Å². The molecule has 202 valence electrons. The first-order valence-electron chi connectivity index (χ1n) is 12.3. The molecule has 39 heavy (non-hydrogen) atoms. The standard InChI is InChI=1S/C29H29BrN4O5/c1-5-18(2)28-33-23-12-11-20(30)15-22(23)29(36)34(28)31-16-19-13-24(37-3)27(25(14-19)38-4)39-17-26(35)32-21-9-7-6-8-10-21/h6-16,18H,5,17H2,1-4H3,(H,32,35)/t18-/m1/s1. The number of nitrogens with one attached hydrogen (secondary N) is 1. The van der Waals surface area contributed by atoms with Gasteiger partial charge in [0.15, 0.2) is 18.1 Å². The summed E-state index contributed by atoms with van der Waals surface area (Å²) in [6.45, 7) is 3.79. The fourth-order valence-electron chi connectivity index (χ4n) is 3.88. The van der Waals surface area contributed by atoms with Gasteiger partial charge in [0, 0.05) is 21.6 Å². The highest BCUT2D eigenvalue weighted by molar-refractivity contribution is 9.10. The number of rotatable bonds is 10. The molecule has 0 saturated carbocycles. The van der Waals surface area contributed by atoms with Crippen LogP contribution < -0.4 is 25.1 Å². The molecule has 4 aromatic rings. The average molecular weight is 593 g/mol. The Bertz CT molecular complexity index is 1540. The number of methoxy groups -OCH3 is 2. The van der Waals surface area contributed by atoms with Crippen molar-refractivity contribution in [2.45, 2.75) is 26.2 Å². The fraction of sp³-hybridized carbons (Fsp3) is 0.241. The molecule has 0 fully saturated rings. The quantitative estimate of drug-likeness (QED) is 0.241. The van der Waals surface area contributed by atoms with Gasteiger partial charge in [-0.05, 0) is 48.9 Å². The Hall–Kier alpha value is -4.18. The summed E-state index contributed by atoms with van der Waals surface area (Å²) in [5.74, 6) is 1.21. The molecule has 4 rings (SSSR count). The number of fused-ring (bicyclic) bond motifs is 1. The molecular formula is C29H29BrN4O5. The molecule has 0 bridgehead atoms. The Labute approximate surface area is 234 Å². The monoisotopic (exact) mass is 592 g/mol. The maximum atomic E-state index is 13.4. The topological polar surface area (TPSA) is 104 Å². The minimum Gasteiger partial charge on any atom is -0.493 e. The van der Waals surface area contributed by atoms with Crippen molar-refractivity contribution in [3.63, 3.8) is 0 Å². The second-order valence-electron chi connectivity index (χ2n) is 8.76. The van der Waals surface area contributed by atoms with E-state index in [1.165, 1.54) is 25.1 Å². The van der Waals surface area contributed by atoms with E-state index in [4.69, 9.17) is 19.2 Å². The Morgan fingerprint density at radius 3 is 2.44 bits per heavy atom. The zero-order valence-electron chi connectivity index (χ0n) is 22.1. The number of carbonyl (C=O) groups is 1. The minimum absolute atomic E-state index is 0.00442. The number of aromatic nitrogens is 2. The first-order valence-corrected chi connectivity index (χ1v) is 13.1. The summed E-state index contributed by atoms with van der Waals surface area (Å²) in [4.78, 5) is 30.5. The van der Waals surface area contributed by atoms with E-state index >= 15 is 0 Å². The Morgan fingerprint density at radius 2 is 1.79 bits per heavy atom. The van der Waals surface area contributed by atoms with Crippen LogP contribution in [-0.4, -0.2) is 42.6 Å². The van der Waals surface area contributed by atoms with Gasteiger partial charge in [-0.3, -0.25) is 9.59 Å². The highest BCUT2D eigenvalue weighted by Crippen LogP contribution is 2.38. The predicted octanol–water partition coefficient (Wildman–Crippen LogP) is 5.59. The number of hydrogen-bond acceptors (Lipinski definition) is 7. The van der Waals surface area contributed by atoms with Crippen LogP contribution in [0, 0.1) is 0 Å². The molecule has 9 nitrogen and oxygen atoms in total. The maximum Gasteiger partial charge on any atom is 0.282 e. The van der Waals surface area contributed by atoms with Crippen molar-refractivity contribution in [2.24, 2.45) is 5.10 Å². The average Bonchev–Trinajstić information content (AvgIpc) is 2.95. The Morgan fingerprint density at radius 1 is 1.10 bits per heavy atom. The molecule has 0 spiro atoms. The van der Waals surface area contributed by atoms with Crippen LogP contribution in [0.25, 0.3) is 10.9 Å². The summed E-state index contributed by atoms with van der Waals surface area (Å²) in [6, 6.07) is 17.9. The molecule has 0 unspecified atom stereocenters. The first kappa shape index (κ1) is 27.8. The van der Waals surface area contributed by atoms with Gasteiger partial charge in [0.25, 0.3) is 11.5 Å². The summed E-state index contributed by atoms with van der Waals surface area (Å²) < 4.78 is 18.9. The first-order chi connectivity index (χ1) is 18.8. The van der Waals surface area contributed by atoms with E-state index < -0.39 is 0 Å². The molecular weight excluding hydrogens is 564 g/mol. The molecule has 0 radical (unpaired) electrons. The second-order valence-corrected chi connectivity index (χ2v) is 9.68. The summed E-state index contributed by atoms with van der Waals surface area (Å²) in [5.41, 5.74) is 1.61. The van der Waals surface area contributed by atoms with Crippen molar-refractivity contribution in [3.05, 3.63) is 86.9 Å². The lowest BCUT2D eigenvalue weighted by Gasteiger charge is -2.16. The zero-order chi connectivity index (χ0) is 27.9. The number of nitrogens with zero attached hydrogens (tertiary/aromatic N) is 3. The van der Waals surface area contributed by atoms with Gasteiger partial charge in [0.1, 0.15) is 5.82 Å². The molecule has 1 amide bonds. The normalized spacial score (nSPS) is 11.9. The Kier molecular flexibility index (Phi) is 8.98. The highest BCUT2D eigenvalue weighted by Gasteiger charge is 2.18. The van der Waals surface area contributed by atoms with Gasteiger partial charge in [0.05, 0.1) is 31.3 Å². The molecule has 1 atom stereocenters. The lowest BCUT2D eigenvalue weighted by atomic mass is 10.1. The lowest BCUT2D eigenvalue weighted by Crippen LogP contribution is -2.23. The number of benzene rings is 3. The lowest BCUT2D eigenvalue weighted by molar-refractivity contribution is -0.118. The van der Waals surface area contributed by atoms with E-state index in [2.05, 4.69) is 26.3 Å². The molecule has 0 aliphatic rings. The van der Waals surface area contributed by atoms with Crippen LogP contribution in [0.5, 0.6) is 17.2 Å². The summed E-state index contributed by atoms with van der Waals surface area (Å²) in [7, 11) is 2.98. The number of ether oxygens (including phenoxy) is 3. The van der Waals surface area contributed by atoms with E-state index in [1.54, 1.807) is 30.3 Å². The molecule has 1 heterocycles. The molecule has 0 aliphatic carbocycles. The SMILES string of the molecule is CC[C@@H](C)c1nc2ccc(Br)cc2c(=O)n1N=Cc1cc(OC)c(OCC(=O)Nc2ccccc2)c(OC)c1. The molecule has 3 aromatic carbocycles. The van der Waals surface area contributed by atoms with Gasteiger partial charge in [-0.25, -0.2) is 4.98 Å². The Balaban J connectivity index is 1.65. The summed E-state index contributed by atoms with van der Waals surface area (Å²) in [5, 5.41) is 7.74. The number of anilines is 1. The molecule has 0 aliphatic heterocycles. The molecule has 1 aromatic heterocycles. The molecule has 10 heteroatoms. The van der Waals surface area contributed by atoms with Crippen LogP contribution in [0.1, 0.15) is 37.6 Å². The van der Waals surface area contributed by atoms with Crippen molar-refractivity contribution < 1.29 is 19.0 Å². The number of carbonyl (C=O) groups excluding carboxylic acids is 1. The van der Waals surface area contributed by atoms with Crippen LogP contribution in [0.3, 0.4) is 0 Å². The largest absolute Gasteiger partial charge is 0.493 e. The molecule has 0 saturated heterocycles. The van der Waals surface area contributed by atoms with Crippen molar-refractivity contribution in [1.82, 2.24) is 9.66 Å². The predicted molar refractivity (Wildman–Crippen MR) is 156 cm³/mol. The van der Waals surface area contributed by atoms with Gasteiger partial charge in [0.2, 0.25) is 5.75 Å². The van der Waals surface area contributed by atoms with Crippen LogP contribution in [0.15, 0.2) is 75.0 Å².